The maximum atomic E-state index is 13.0. The standard InChI is InChI=1S/C21H19FN4O4/c1-29-16-7-14-15(8-17(16)30-2)25-20-19(14)24-11-26(21(20)28)10-18(27)23-9-12-3-5-13(22)6-4-12/h3-8,11,25H,9-10H2,1-2H3,(H,23,27). The minimum Gasteiger partial charge on any atom is -0.493 e. The van der Waals surface area contributed by atoms with Crippen LogP contribution in [0.1, 0.15) is 5.56 Å². The number of benzene rings is 2. The fourth-order valence-electron chi connectivity index (χ4n) is 3.25. The lowest BCUT2D eigenvalue weighted by atomic mass is 10.2. The number of halogens is 1. The number of nitrogens with zero attached hydrogens (tertiary/aromatic N) is 2. The Bertz CT molecular complexity index is 1290. The van der Waals surface area contributed by atoms with Crippen LogP contribution in [0.2, 0.25) is 0 Å². The molecule has 154 valence electrons. The number of hydrogen-bond acceptors (Lipinski definition) is 5. The molecule has 8 nitrogen and oxygen atoms in total. The Morgan fingerprint density at radius 2 is 1.87 bits per heavy atom. The quantitative estimate of drug-likeness (QED) is 0.509. The Morgan fingerprint density at radius 1 is 1.17 bits per heavy atom. The Morgan fingerprint density at radius 3 is 2.57 bits per heavy atom. The first-order valence-corrected chi connectivity index (χ1v) is 9.14. The largest absolute Gasteiger partial charge is 0.493 e. The van der Waals surface area contributed by atoms with Gasteiger partial charge in [-0.25, -0.2) is 9.37 Å². The lowest BCUT2D eigenvalue weighted by molar-refractivity contribution is -0.121. The zero-order valence-corrected chi connectivity index (χ0v) is 16.4. The number of fused-ring (bicyclic) bond motifs is 3. The summed E-state index contributed by atoms with van der Waals surface area (Å²) in [5, 5.41) is 3.42. The molecular weight excluding hydrogens is 391 g/mol. The van der Waals surface area contributed by atoms with E-state index >= 15 is 0 Å². The van der Waals surface area contributed by atoms with E-state index in [4.69, 9.17) is 9.47 Å². The highest BCUT2D eigenvalue weighted by molar-refractivity contribution is 6.05. The van der Waals surface area contributed by atoms with Crippen LogP contribution < -0.4 is 20.3 Å². The fraction of sp³-hybridized carbons (Fsp3) is 0.190. The molecule has 1 amide bonds. The molecule has 0 aliphatic heterocycles. The lowest BCUT2D eigenvalue weighted by Crippen LogP contribution is -2.32. The topological polar surface area (TPSA) is 98.2 Å². The van der Waals surface area contributed by atoms with Gasteiger partial charge in [-0.15, -0.1) is 0 Å². The van der Waals surface area contributed by atoms with Crippen LogP contribution in [-0.2, 0) is 17.9 Å². The summed E-state index contributed by atoms with van der Waals surface area (Å²) in [6, 6.07) is 9.30. The van der Waals surface area contributed by atoms with Gasteiger partial charge < -0.3 is 19.8 Å². The number of ether oxygens (including phenoxy) is 2. The van der Waals surface area contributed by atoms with Crippen LogP contribution in [0.15, 0.2) is 47.5 Å². The molecular formula is C21H19FN4O4. The smallest absolute Gasteiger partial charge is 0.278 e. The van der Waals surface area contributed by atoms with Crippen molar-refractivity contribution in [1.82, 2.24) is 19.9 Å². The van der Waals surface area contributed by atoms with Crippen molar-refractivity contribution in [3.63, 3.8) is 0 Å². The van der Waals surface area contributed by atoms with E-state index in [0.717, 1.165) is 5.56 Å². The maximum Gasteiger partial charge on any atom is 0.278 e. The van der Waals surface area contributed by atoms with Crippen molar-refractivity contribution in [2.45, 2.75) is 13.1 Å². The molecule has 2 aromatic carbocycles. The van der Waals surface area contributed by atoms with Crippen LogP contribution >= 0.6 is 0 Å². The number of carbonyl (C=O) groups excluding carboxylic acids is 1. The monoisotopic (exact) mass is 410 g/mol. The van der Waals surface area contributed by atoms with Gasteiger partial charge in [0, 0.05) is 18.0 Å². The molecule has 4 aromatic rings. The molecule has 0 unspecified atom stereocenters. The van der Waals surface area contributed by atoms with Crippen molar-refractivity contribution < 1.29 is 18.7 Å². The molecule has 0 aliphatic carbocycles. The van der Waals surface area contributed by atoms with Gasteiger partial charge in [-0.1, -0.05) is 12.1 Å². The van der Waals surface area contributed by atoms with E-state index in [2.05, 4.69) is 15.3 Å². The van der Waals surface area contributed by atoms with Crippen LogP contribution in [-0.4, -0.2) is 34.7 Å². The second kappa shape index (κ2) is 7.86. The van der Waals surface area contributed by atoms with E-state index in [-0.39, 0.29) is 35.9 Å². The molecule has 0 aliphatic rings. The number of rotatable bonds is 6. The van der Waals surface area contributed by atoms with Crippen molar-refractivity contribution in [2.75, 3.05) is 14.2 Å². The third-order valence-electron chi connectivity index (χ3n) is 4.79. The Balaban J connectivity index is 1.59. The summed E-state index contributed by atoms with van der Waals surface area (Å²) >= 11 is 0. The van der Waals surface area contributed by atoms with Crippen LogP contribution in [0.3, 0.4) is 0 Å². The molecule has 0 fully saturated rings. The molecule has 0 saturated heterocycles. The molecule has 30 heavy (non-hydrogen) atoms. The molecule has 2 N–H and O–H groups in total. The number of aromatic nitrogens is 3. The summed E-state index contributed by atoms with van der Waals surface area (Å²) in [5.74, 6) is 0.348. The summed E-state index contributed by atoms with van der Waals surface area (Å²) in [4.78, 5) is 32.5. The van der Waals surface area contributed by atoms with Crippen molar-refractivity contribution in [1.29, 1.82) is 0 Å². The van der Waals surface area contributed by atoms with Gasteiger partial charge in [-0.3, -0.25) is 14.2 Å². The summed E-state index contributed by atoms with van der Waals surface area (Å²) in [7, 11) is 3.06. The van der Waals surface area contributed by atoms with Crippen molar-refractivity contribution in [3.8, 4) is 11.5 Å². The van der Waals surface area contributed by atoms with Gasteiger partial charge in [-0.2, -0.15) is 0 Å². The molecule has 9 heteroatoms. The predicted molar refractivity (Wildman–Crippen MR) is 109 cm³/mol. The number of nitrogens with one attached hydrogen (secondary N) is 2. The summed E-state index contributed by atoms with van der Waals surface area (Å²) < 4.78 is 24.8. The zero-order chi connectivity index (χ0) is 21.3. The van der Waals surface area contributed by atoms with E-state index in [1.165, 1.54) is 37.2 Å². The normalized spacial score (nSPS) is 11.0. The first kappa shape index (κ1) is 19.4. The highest BCUT2D eigenvalue weighted by atomic mass is 19.1. The first-order valence-electron chi connectivity index (χ1n) is 9.14. The number of aromatic amines is 1. The van der Waals surface area contributed by atoms with Gasteiger partial charge in [0.15, 0.2) is 11.5 Å². The Kier molecular flexibility index (Phi) is 5.09. The number of hydrogen-bond donors (Lipinski definition) is 2. The first-order chi connectivity index (χ1) is 14.5. The van der Waals surface area contributed by atoms with Crippen molar-refractivity contribution in [2.24, 2.45) is 0 Å². The molecule has 2 aromatic heterocycles. The van der Waals surface area contributed by atoms with Gasteiger partial charge in [0.25, 0.3) is 5.56 Å². The van der Waals surface area contributed by atoms with Crippen molar-refractivity contribution in [3.05, 3.63) is 64.5 Å². The number of H-pyrrole nitrogens is 1. The highest BCUT2D eigenvalue weighted by Crippen LogP contribution is 2.34. The van der Waals surface area contributed by atoms with Gasteiger partial charge in [-0.05, 0) is 23.8 Å². The number of methoxy groups -OCH3 is 2. The average Bonchev–Trinajstić information content (AvgIpc) is 3.12. The van der Waals surface area contributed by atoms with E-state index < -0.39 is 0 Å². The predicted octanol–water partition coefficient (Wildman–Crippen LogP) is 2.35. The molecule has 4 rings (SSSR count). The summed E-state index contributed by atoms with van der Waals surface area (Å²) in [6.45, 7) is 0.0422. The minimum atomic E-state index is -0.369. The van der Waals surface area contributed by atoms with E-state index in [0.29, 0.717) is 27.9 Å². The molecule has 0 saturated carbocycles. The number of amides is 1. The Hall–Kier alpha value is -3.88. The van der Waals surface area contributed by atoms with Gasteiger partial charge >= 0.3 is 0 Å². The summed E-state index contributed by atoms with van der Waals surface area (Å²) in [5.41, 5.74) is 1.83. The van der Waals surface area contributed by atoms with Crippen LogP contribution in [0, 0.1) is 5.82 Å². The minimum absolute atomic E-state index is 0.190. The summed E-state index contributed by atoms with van der Waals surface area (Å²) in [6.07, 6.45) is 1.34. The highest BCUT2D eigenvalue weighted by Gasteiger charge is 2.15. The van der Waals surface area contributed by atoms with Crippen LogP contribution in [0.5, 0.6) is 11.5 Å². The molecule has 0 radical (unpaired) electrons. The van der Waals surface area contributed by atoms with E-state index in [9.17, 15) is 14.0 Å². The van der Waals surface area contributed by atoms with Gasteiger partial charge in [0.05, 0.1) is 26.1 Å². The van der Waals surface area contributed by atoms with Crippen LogP contribution in [0.4, 0.5) is 4.39 Å². The lowest BCUT2D eigenvalue weighted by Gasteiger charge is -2.07. The fourth-order valence-corrected chi connectivity index (χ4v) is 3.25. The molecule has 0 spiro atoms. The molecule has 0 bridgehead atoms. The van der Waals surface area contributed by atoms with E-state index in [1.54, 1.807) is 24.3 Å². The van der Waals surface area contributed by atoms with Crippen LogP contribution in [0.25, 0.3) is 21.9 Å². The third kappa shape index (κ3) is 3.57. The zero-order valence-electron chi connectivity index (χ0n) is 16.4. The second-order valence-electron chi connectivity index (χ2n) is 6.68. The van der Waals surface area contributed by atoms with Gasteiger partial charge in [0.1, 0.15) is 23.4 Å². The Labute approximate surface area is 170 Å². The SMILES string of the molecule is COc1cc2[nH]c3c(=O)n(CC(=O)NCc4ccc(F)cc4)cnc3c2cc1OC. The maximum absolute atomic E-state index is 13.0. The molecule has 0 atom stereocenters. The molecule has 2 heterocycles. The second-order valence-corrected chi connectivity index (χ2v) is 6.68. The van der Waals surface area contributed by atoms with Crippen molar-refractivity contribution >= 4 is 27.8 Å². The average molecular weight is 410 g/mol. The van der Waals surface area contributed by atoms with E-state index in [1.807, 2.05) is 0 Å². The van der Waals surface area contributed by atoms with Gasteiger partial charge in [0.2, 0.25) is 5.91 Å². The third-order valence-corrected chi connectivity index (χ3v) is 4.79. The number of carbonyl (C=O) groups is 1.